The molecule has 1 aromatic carbocycles. The molecule has 4 heterocycles. The van der Waals surface area contributed by atoms with Gasteiger partial charge in [-0.15, -0.1) is 0 Å². The summed E-state index contributed by atoms with van der Waals surface area (Å²) in [4.78, 5) is 37.1. The molecule has 2 aliphatic heterocycles. The van der Waals surface area contributed by atoms with Crippen LogP contribution in [-0.4, -0.2) is 50.4 Å². The van der Waals surface area contributed by atoms with Crippen LogP contribution in [0.15, 0.2) is 48.7 Å². The van der Waals surface area contributed by atoms with Crippen molar-refractivity contribution < 1.29 is 9.59 Å². The van der Waals surface area contributed by atoms with Gasteiger partial charge in [0.25, 0.3) is 11.8 Å². The van der Waals surface area contributed by atoms with E-state index in [0.717, 1.165) is 35.6 Å². The van der Waals surface area contributed by atoms with Gasteiger partial charge in [-0.1, -0.05) is 30.3 Å². The van der Waals surface area contributed by atoms with Crippen LogP contribution in [-0.2, 0) is 13.0 Å². The summed E-state index contributed by atoms with van der Waals surface area (Å²) in [7, 11) is 1.62. The average Bonchev–Trinajstić information content (AvgIpc) is 3.30. The Bertz CT molecular complexity index is 1140. The third-order valence-corrected chi connectivity index (χ3v) is 6.38. The molecule has 5 rings (SSSR count). The van der Waals surface area contributed by atoms with Crippen LogP contribution in [0.4, 0.5) is 0 Å². The third-order valence-electron chi connectivity index (χ3n) is 6.38. The summed E-state index contributed by atoms with van der Waals surface area (Å²) in [6, 6.07) is 13.8. The number of fused-ring (bicyclic) bond motifs is 3. The quantitative estimate of drug-likeness (QED) is 0.713. The standard InChI is InChI=1S/C24H25N5O2/c1-15-8-9-17(13-26-15)24(31)29-18-10-11-19(29)14-28-20(12-18)21(23(30)25-2)27-22(28)16-6-4-3-5-7-16/h3-9,13,18-19H,10-12,14H2,1-2H3,(H,25,30)/t18-,19+/m0/s1. The normalized spacial score (nSPS) is 19.6. The number of aromatic nitrogens is 3. The summed E-state index contributed by atoms with van der Waals surface area (Å²) >= 11 is 0. The van der Waals surface area contributed by atoms with Crippen molar-refractivity contribution in [2.24, 2.45) is 0 Å². The number of nitrogens with one attached hydrogen (secondary N) is 1. The van der Waals surface area contributed by atoms with Gasteiger partial charge in [0.05, 0.1) is 17.3 Å². The van der Waals surface area contributed by atoms with Crippen LogP contribution in [0.25, 0.3) is 11.4 Å². The van der Waals surface area contributed by atoms with Gasteiger partial charge in [-0.05, 0) is 31.9 Å². The number of rotatable bonds is 3. The lowest BCUT2D eigenvalue weighted by Crippen LogP contribution is -2.42. The molecule has 1 N–H and O–H groups in total. The second kappa shape index (κ2) is 7.65. The molecule has 7 nitrogen and oxygen atoms in total. The second-order valence-corrected chi connectivity index (χ2v) is 8.28. The highest BCUT2D eigenvalue weighted by atomic mass is 16.2. The summed E-state index contributed by atoms with van der Waals surface area (Å²) in [5, 5.41) is 2.72. The second-order valence-electron chi connectivity index (χ2n) is 8.28. The zero-order chi connectivity index (χ0) is 21.5. The molecule has 2 bridgehead atoms. The number of hydrogen-bond acceptors (Lipinski definition) is 4. The van der Waals surface area contributed by atoms with Crippen molar-refractivity contribution in [2.75, 3.05) is 7.05 Å². The molecule has 2 aromatic heterocycles. The molecule has 1 saturated heterocycles. The van der Waals surface area contributed by atoms with Gasteiger partial charge in [-0.25, -0.2) is 4.98 Å². The van der Waals surface area contributed by atoms with Gasteiger partial charge in [0, 0.05) is 43.5 Å². The van der Waals surface area contributed by atoms with Crippen LogP contribution in [0.5, 0.6) is 0 Å². The van der Waals surface area contributed by atoms with E-state index in [4.69, 9.17) is 4.98 Å². The van der Waals surface area contributed by atoms with Crippen molar-refractivity contribution >= 4 is 11.8 Å². The van der Waals surface area contributed by atoms with Gasteiger partial charge in [0.1, 0.15) is 11.5 Å². The van der Waals surface area contributed by atoms with E-state index in [9.17, 15) is 9.59 Å². The van der Waals surface area contributed by atoms with E-state index in [1.165, 1.54) is 0 Å². The van der Waals surface area contributed by atoms with Crippen LogP contribution in [0.3, 0.4) is 0 Å². The van der Waals surface area contributed by atoms with E-state index in [-0.39, 0.29) is 23.9 Å². The highest BCUT2D eigenvalue weighted by Crippen LogP contribution is 2.36. The minimum absolute atomic E-state index is 0.0152. The predicted octanol–water partition coefficient (Wildman–Crippen LogP) is 2.84. The van der Waals surface area contributed by atoms with E-state index in [0.29, 0.717) is 24.2 Å². The lowest BCUT2D eigenvalue weighted by molar-refractivity contribution is 0.0665. The maximum atomic E-state index is 13.4. The molecule has 0 radical (unpaired) electrons. The predicted molar refractivity (Wildman–Crippen MR) is 117 cm³/mol. The topological polar surface area (TPSA) is 80.1 Å². The van der Waals surface area contributed by atoms with Crippen molar-refractivity contribution in [2.45, 2.75) is 44.8 Å². The van der Waals surface area contributed by atoms with Gasteiger partial charge < -0.3 is 14.8 Å². The van der Waals surface area contributed by atoms with E-state index >= 15 is 0 Å². The fraction of sp³-hybridized carbons (Fsp3) is 0.333. The molecule has 0 spiro atoms. The van der Waals surface area contributed by atoms with Crippen LogP contribution >= 0.6 is 0 Å². The molecule has 7 heteroatoms. The van der Waals surface area contributed by atoms with Crippen molar-refractivity contribution in [3.8, 4) is 11.4 Å². The highest BCUT2D eigenvalue weighted by Gasteiger charge is 2.42. The first-order valence-electron chi connectivity index (χ1n) is 10.7. The first-order chi connectivity index (χ1) is 15.1. The molecule has 3 aromatic rings. The number of imidazole rings is 1. The third kappa shape index (κ3) is 3.30. The van der Waals surface area contributed by atoms with E-state index in [2.05, 4.69) is 14.9 Å². The van der Waals surface area contributed by atoms with Crippen LogP contribution in [0.1, 0.15) is 45.1 Å². The van der Waals surface area contributed by atoms with Crippen molar-refractivity contribution in [3.63, 3.8) is 0 Å². The summed E-state index contributed by atoms with van der Waals surface area (Å²) in [6.07, 6.45) is 4.14. The number of carbonyl (C=O) groups is 2. The Morgan fingerprint density at radius 2 is 1.84 bits per heavy atom. The molecular weight excluding hydrogens is 390 g/mol. The Hall–Kier alpha value is -3.48. The van der Waals surface area contributed by atoms with Gasteiger partial charge in [0.15, 0.2) is 0 Å². The van der Waals surface area contributed by atoms with Gasteiger partial charge >= 0.3 is 0 Å². The van der Waals surface area contributed by atoms with Crippen molar-refractivity contribution in [3.05, 3.63) is 71.3 Å². The van der Waals surface area contributed by atoms with Crippen LogP contribution in [0, 0.1) is 6.92 Å². The number of benzene rings is 1. The number of hydrogen-bond donors (Lipinski definition) is 1. The van der Waals surface area contributed by atoms with Crippen molar-refractivity contribution in [1.82, 2.24) is 24.8 Å². The molecule has 2 atom stereocenters. The summed E-state index contributed by atoms with van der Waals surface area (Å²) in [6.45, 7) is 2.54. The Morgan fingerprint density at radius 1 is 1.06 bits per heavy atom. The average molecular weight is 415 g/mol. The van der Waals surface area contributed by atoms with E-state index in [1.54, 1.807) is 13.2 Å². The fourth-order valence-electron chi connectivity index (χ4n) is 4.85. The Morgan fingerprint density at radius 3 is 2.55 bits per heavy atom. The zero-order valence-corrected chi connectivity index (χ0v) is 17.7. The van der Waals surface area contributed by atoms with E-state index in [1.807, 2.05) is 54.3 Å². The number of nitrogens with zero attached hydrogens (tertiary/aromatic N) is 4. The SMILES string of the molecule is CNC(=O)c1nc(-c2ccccc2)n2c1C[C@@H]1CC[C@H](C2)N1C(=O)c1ccc(C)nc1. The molecule has 31 heavy (non-hydrogen) atoms. The van der Waals surface area contributed by atoms with Gasteiger partial charge in [-0.3, -0.25) is 14.6 Å². The maximum Gasteiger partial charge on any atom is 0.271 e. The minimum atomic E-state index is -0.190. The molecule has 1 fully saturated rings. The maximum absolute atomic E-state index is 13.4. The first kappa shape index (κ1) is 19.5. The van der Waals surface area contributed by atoms with Crippen LogP contribution in [0.2, 0.25) is 0 Å². The smallest absolute Gasteiger partial charge is 0.271 e. The number of aryl methyl sites for hydroxylation is 1. The lowest BCUT2D eigenvalue weighted by Gasteiger charge is -2.28. The Balaban J connectivity index is 1.57. The first-order valence-corrected chi connectivity index (χ1v) is 10.7. The molecule has 2 amide bonds. The molecule has 0 unspecified atom stereocenters. The van der Waals surface area contributed by atoms with Crippen molar-refractivity contribution in [1.29, 1.82) is 0 Å². The van der Waals surface area contributed by atoms with Gasteiger partial charge in [0.2, 0.25) is 0 Å². The molecule has 0 aliphatic carbocycles. The number of amides is 2. The van der Waals surface area contributed by atoms with E-state index < -0.39 is 0 Å². The fourth-order valence-corrected chi connectivity index (χ4v) is 4.85. The summed E-state index contributed by atoms with van der Waals surface area (Å²) in [5.41, 5.74) is 3.84. The highest BCUT2D eigenvalue weighted by molar-refractivity contribution is 5.95. The van der Waals surface area contributed by atoms with Crippen LogP contribution < -0.4 is 5.32 Å². The van der Waals surface area contributed by atoms with Gasteiger partial charge in [-0.2, -0.15) is 0 Å². The zero-order valence-electron chi connectivity index (χ0n) is 17.7. The molecule has 2 aliphatic rings. The minimum Gasteiger partial charge on any atom is -0.354 e. The molecular formula is C24H25N5O2. The number of pyridine rings is 1. The summed E-state index contributed by atoms with van der Waals surface area (Å²) in [5.74, 6) is 0.608. The lowest BCUT2D eigenvalue weighted by atomic mass is 10.0. The Kier molecular flexibility index (Phi) is 4.81. The largest absolute Gasteiger partial charge is 0.354 e. The Labute approximate surface area is 181 Å². The summed E-state index contributed by atoms with van der Waals surface area (Å²) < 4.78 is 2.15. The molecule has 158 valence electrons. The monoisotopic (exact) mass is 415 g/mol. The molecule has 0 saturated carbocycles. The number of carbonyl (C=O) groups excluding carboxylic acids is 2.